The Labute approximate surface area is 180 Å². The van der Waals surface area contributed by atoms with E-state index >= 15 is 0 Å². The highest BCUT2D eigenvalue weighted by Crippen LogP contribution is 2.28. The summed E-state index contributed by atoms with van der Waals surface area (Å²) in [7, 11) is 4.90. The lowest BCUT2D eigenvalue weighted by atomic mass is 10.0. The van der Waals surface area contributed by atoms with Gasteiger partial charge in [0.25, 0.3) is 0 Å². The summed E-state index contributed by atoms with van der Waals surface area (Å²) in [5, 5.41) is 0. The summed E-state index contributed by atoms with van der Waals surface area (Å²) in [6.07, 6.45) is 8.41. The molecule has 0 N–H and O–H groups in total. The Morgan fingerprint density at radius 2 is 1.43 bits per heavy atom. The van der Waals surface area contributed by atoms with Crippen molar-refractivity contribution < 1.29 is 23.7 Å². The molecule has 0 aliphatic rings. The molecule has 0 aliphatic carbocycles. The molecule has 0 spiro atoms. The van der Waals surface area contributed by atoms with Crippen LogP contribution >= 0.6 is 0 Å². The normalized spacial score (nSPS) is 10.6. The second-order valence-corrected chi connectivity index (χ2v) is 7.31. The van der Waals surface area contributed by atoms with Gasteiger partial charge in [-0.15, -0.1) is 0 Å². The number of aryl methyl sites for hydroxylation is 1. The molecule has 0 fully saturated rings. The van der Waals surface area contributed by atoms with Crippen LogP contribution in [0, 0.1) is 0 Å². The van der Waals surface area contributed by atoms with Crippen molar-refractivity contribution in [2.75, 3.05) is 28.1 Å². The maximum Gasteiger partial charge on any atom is 0.188 e. The molecule has 0 saturated carbocycles. The minimum Gasteiger partial charge on any atom is -0.493 e. The molecule has 2 aromatic rings. The predicted octanol–water partition coefficient (Wildman–Crippen LogP) is 5.84. The Bertz CT molecular complexity index is 755. The van der Waals surface area contributed by atoms with Gasteiger partial charge in [0.1, 0.15) is 5.75 Å². The summed E-state index contributed by atoms with van der Waals surface area (Å²) in [4.78, 5) is 12.3. The predicted molar refractivity (Wildman–Crippen MR) is 119 cm³/mol. The zero-order valence-electron chi connectivity index (χ0n) is 18.4. The summed E-state index contributed by atoms with van der Waals surface area (Å²) < 4.78 is 20.8. The van der Waals surface area contributed by atoms with E-state index in [4.69, 9.17) is 18.9 Å². The standard InChI is InChI=1S/C25H34O5/c1-27-19-30-22-15-13-21(14-16-22)23(26)11-9-7-5-4-6-8-10-20-12-17-24(28-2)25(18-20)29-3/h12-18H,4-11,19H2,1-3H3. The van der Waals surface area contributed by atoms with Gasteiger partial charge in [-0.05, 0) is 61.2 Å². The number of ketones is 1. The van der Waals surface area contributed by atoms with Crippen molar-refractivity contribution in [3.63, 3.8) is 0 Å². The Hall–Kier alpha value is -2.53. The van der Waals surface area contributed by atoms with E-state index in [2.05, 4.69) is 12.1 Å². The first-order valence-corrected chi connectivity index (χ1v) is 10.6. The van der Waals surface area contributed by atoms with Crippen LogP contribution in [-0.2, 0) is 11.2 Å². The Morgan fingerprint density at radius 3 is 2.10 bits per heavy atom. The molecule has 0 aromatic heterocycles. The highest BCUT2D eigenvalue weighted by molar-refractivity contribution is 5.96. The maximum absolute atomic E-state index is 12.3. The molecule has 30 heavy (non-hydrogen) atoms. The van der Waals surface area contributed by atoms with E-state index in [1.807, 2.05) is 30.3 Å². The highest BCUT2D eigenvalue weighted by atomic mass is 16.7. The van der Waals surface area contributed by atoms with Gasteiger partial charge >= 0.3 is 0 Å². The van der Waals surface area contributed by atoms with E-state index in [-0.39, 0.29) is 12.6 Å². The molecule has 0 atom stereocenters. The van der Waals surface area contributed by atoms with Gasteiger partial charge < -0.3 is 18.9 Å². The van der Waals surface area contributed by atoms with Gasteiger partial charge in [0.05, 0.1) is 14.2 Å². The van der Waals surface area contributed by atoms with Gasteiger partial charge in [0.15, 0.2) is 24.1 Å². The van der Waals surface area contributed by atoms with E-state index in [1.54, 1.807) is 21.3 Å². The van der Waals surface area contributed by atoms with Gasteiger partial charge in [-0.1, -0.05) is 31.7 Å². The number of rotatable bonds is 15. The van der Waals surface area contributed by atoms with Crippen molar-refractivity contribution in [1.29, 1.82) is 0 Å². The Morgan fingerprint density at radius 1 is 0.767 bits per heavy atom. The Kier molecular flexibility index (Phi) is 10.8. The van der Waals surface area contributed by atoms with Crippen molar-refractivity contribution in [2.45, 2.75) is 51.4 Å². The number of Topliss-reactive ketones (excluding diaryl/α,β-unsaturated/α-hetero) is 1. The monoisotopic (exact) mass is 414 g/mol. The minimum atomic E-state index is 0.196. The van der Waals surface area contributed by atoms with Crippen molar-refractivity contribution in [3.8, 4) is 17.2 Å². The third-order valence-corrected chi connectivity index (χ3v) is 5.09. The second kappa shape index (κ2) is 13.6. The highest BCUT2D eigenvalue weighted by Gasteiger charge is 2.06. The van der Waals surface area contributed by atoms with Gasteiger partial charge in [0, 0.05) is 19.1 Å². The molecular formula is C25H34O5. The molecule has 0 heterocycles. The quantitative estimate of drug-likeness (QED) is 0.208. The van der Waals surface area contributed by atoms with Crippen LogP contribution in [0.1, 0.15) is 60.9 Å². The van der Waals surface area contributed by atoms with Crippen molar-refractivity contribution in [3.05, 3.63) is 53.6 Å². The molecule has 5 nitrogen and oxygen atoms in total. The van der Waals surface area contributed by atoms with Gasteiger partial charge in [-0.3, -0.25) is 4.79 Å². The second-order valence-electron chi connectivity index (χ2n) is 7.31. The van der Waals surface area contributed by atoms with Crippen LogP contribution in [-0.4, -0.2) is 33.9 Å². The summed E-state index contributed by atoms with van der Waals surface area (Å²) in [6, 6.07) is 13.4. The fourth-order valence-corrected chi connectivity index (χ4v) is 3.37. The van der Waals surface area contributed by atoms with Crippen LogP contribution in [0.5, 0.6) is 17.2 Å². The van der Waals surface area contributed by atoms with Gasteiger partial charge in [-0.2, -0.15) is 0 Å². The zero-order chi connectivity index (χ0) is 21.6. The first-order valence-electron chi connectivity index (χ1n) is 10.6. The molecule has 0 saturated heterocycles. The third-order valence-electron chi connectivity index (χ3n) is 5.09. The smallest absolute Gasteiger partial charge is 0.188 e. The van der Waals surface area contributed by atoms with E-state index in [1.165, 1.54) is 24.8 Å². The number of unbranched alkanes of at least 4 members (excludes halogenated alkanes) is 5. The van der Waals surface area contributed by atoms with E-state index in [0.717, 1.165) is 42.7 Å². The number of methoxy groups -OCH3 is 3. The average Bonchev–Trinajstić information content (AvgIpc) is 2.79. The number of benzene rings is 2. The molecule has 164 valence electrons. The van der Waals surface area contributed by atoms with E-state index < -0.39 is 0 Å². The fraction of sp³-hybridized carbons (Fsp3) is 0.480. The SMILES string of the molecule is COCOc1ccc(C(=O)CCCCCCCCc2ccc(OC)c(OC)c2)cc1. The summed E-state index contributed by atoms with van der Waals surface area (Å²) in [5.41, 5.74) is 2.02. The van der Waals surface area contributed by atoms with Crippen LogP contribution in [0.15, 0.2) is 42.5 Å². The molecule has 0 radical (unpaired) electrons. The molecule has 2 aromatic carbocycles. The molecule has 0 aliphatic heterocycles. The zero-order valence-corrected chi connectivity index (χ0v) is 18.4. The topological polar surface area (TPSA) is 54.0 Å². The Balaban J connectivity index is 1.56. The van der Waals surface area contributed by atoms with Gasteiger partial charge in [-0.25, -0.2) is 0 Å². The lowest BCUT2D eigenvalue weighted by molar-refractivity contribution is 0.0511. The molecule has 0 unspecified atom stereocenters. The summed E-state index contributed by atoms with van der Waals surface area (Å²) in [5.74, 6) is 2.46. The average molecular weight is 415 g/mol. The number of ether oxygens (including phenoxy) is 4. The number of hydrogen-bond donors (Lipinski definition) is 0. The van der Waals surface area contributed by atoms with Crippen LogP contribution in [0.3, 0.4) is 0 Å². The van der Waals surface area contributed by atoms with Crippen LogP contribution < -0.4 is 14.2 Å². The largest absolute Gasteiger partial charge is 0.493 e. The van der Waals surface area contributed by atoms with E-state index in [0.29, 0.717) is 12.2 Å². The van der Waals surface area contributed by atoms with Crippen LogP contribution in [0.25, 0.3) is 0 Å². The fourth-order valence-electron chi connectivity index (χ4n) is 3.37. The van der Waals surface area contributed by atoms with E-state index in [9.17, 15) is 4.79 Å². The van der Waals surface area contributed by atoms with Crippen LogP contribution in [0.2, 0.25) is 0 Å². The molecular weight excluding hydrogens is 380 g/mol. The number of hydrogen-bond acceptors (Lipinski definition) is 5. The minimum absolute atomic E-state index is 0.196. The first kappa shape index (κ1) is 23.7. The van der Waals surface area contributed by atoms with Crippen LogP contribution in [0.4, 0.5) is 0 Å². The number of carbonyl (C=O) groups excluding carboxylic acids is 1. The first-order chi connectivity index (χ1) is 14.7. The maximum atomic E-state index is 12.3. The summed E-state index contributed by atoms with van der Waals surface area (Å²) >= 11 is 0. The molecule has 0 amide bonds. The molecule has 0 bridgehead atoms. The lowest BCUT2D eigenvalue weighted by Gasteiger charge is -2.09. The van der Waals surface area contributed by atoms with Crippen molar-refractivity contribution >= 4 is 5.78 Å². The molecule has 5 heteroatoms. The third kappa shape index (κ3) is 8.07. The lowest BCUT2D eigenvalue weighted by Crippen LogP contribution is -2.01. The summed E-state index contributed by atoms with van der Waals surface area (Å²) in [6.45, 7) is 0.210. The van der Waals surface area contributed by atoms with Gasteiger partial charge in [0.2, 0.25) is 0 Å². The van der Waals surface area contributed by atoms with Crippen molar-refractivity contribution in [2.24, 2.45) is 0 Å². The molecule has 2 rings (SSSR count). The number of carbonyl (C=O) groups is 1. The van der Waals surface area contributed by atoms with Crippen molar-refractivity contribution in [1.82, 2.24) is 0 Å².